The van der Waals surface area contributed by atoms with Gasteiger partial charge in [0.1, 0.15) is 12.4 Å². The molecule has 23 heavy (non-hydrogen) atoms. The smallest absolute Gasteiger partial charge is 0.328 e. The number of nitrogens with zero attached hydrogens (tertiary/aromatic N) is 1. The van der Waals surface area contributed by atoms with Crippen molar-refractivity contribution in [1.29, 1.82) is 0 Å². The van der Waals surface area contributed by atoms with Gasteiger partial charge in [-0.05, 0) is 54.1 Å². The number of carboxylic acids is 1. The molecule has 0 aliphatic heterocycles. The van der Waals surface area contributed by atoms with Crippen LogP contribution in [0.15, 0.2) is 48.5 Å². The molecule has 2 aromatic carbocycles. The Hall–Kier alpha value is -2.59. The molecule has 1 N–H and O–H groups in total. The van der Waals surface area contributed by atoms with Crippen molar-refractivity contribution < 1.29 is 14.6 Å². The molecule has 0 bridgehead atoms. The summed E-state index contributed by atoms with van der Waals surface area (Å²) in [5, 5.41) is 9.18. The third-order valence-electron chi connectivity index (χ3n) is 3.86. The number of likely N-dealkylation sites (N-methyl/N-ethyl adjacent to an activating group) is 1. The first-order chi connectivity index (χ1) is 11.1. The Morgan fingerprint density at radius 3 is 2.48 bits per heavy atom. The van der Waals surface area contributed by atoms with E-state index in [0.29, 0.717) is 6.61 Å². The van der Waals surface area contributed by atoms with Crippen LogP contribution in [0.2, 0.25) is 0 Å². The van der Waals surface area contributed by atoms with Crippen molar-refractivity contribution in [3.05, 3.63) is 59.7 Å². The SMILES string of the molecule is CN(C)CCOc1ccc2c(c1)/C(=C/C(=O)O)c1ccccc1-2. The summed E-state index contributed by atoms with van der Waals surface area (Å²) >= 11 is 0. The Labute approximate surface area is 135 Å². The van der Waals surface area contributed by atoms with Gasteiger partial charge in [-0.15, -0.1) is 0 Å². The van der Waals surface area contributed by atoms with E-state index in [1.807, 2.05) is 56.6 Å². The first kappa shape index (κ1) is 15.3. The molecule has 0 saturated carbocycles. The Morgan fingerprint density at radius 2 is 1.78 bits per heavy atom. The van der Waals surface area contributed by atoms with Gasteiger partial charge in [0.2, 0.25) is 0 Å². The Bertz CT molecular complexity index is 778. The quantitative estimate of drug-likeness (QED) is 0.736. The van der Waals surface area contributed by atoms with Crippen LogP contribution in [0.25, 0.3) is 16.7 Å². The third-order valence-corrected chi connectivity index (χ3v) is 3.86. The molecule has 0 aromatic heterocycles. The number of fused-ring (bicyclic) bond motifs is 3. The van der Waals surface area contributed by atoms with Gasteiger partial charge in [-0.1, -0.05) is 30.3 Å². The Morgan fingerprint density at radius 1 is 1.09 bits per heavy atom. The summed E-state index contributed by atoms with van der Waals surface area (Å²) in [6, 6.07) is 13.7. The van der Waals surface area contributed by atoms with Gasteiger partial charge >= 0.3 is 5.97 Å². The second kappa shape index (κ2) is 6.26. The molecule has 4 nitrogen and oxygen atoms in total. The molecule has 2 aromatic rings. The fourth-order valence-corrected chi connectivity index (χ4v) is 2.79. The van der Waals surface area contributed by atoms with Gasteiger partial charge in [-0.25, -0.2) is 4.79 Å². The van der Waals surface area contributed by atoms with E-state index in [0.717, 1.165) is 40.1 Å². The van der Waals surface area contributed by atoms with Crippen LogP contribution in [0.3, 0.4) is 0 Å². The number of benzene rings is 2. The van der Waals surface area contributed by atoms with Gasteiger partial charge in [0.25, 0.3) is 0 Å². The van der Waals surface area contributed by atoms with Gasteiger partial charge in [0, 0.05) is 12.6 Å². The first-order valence-corrected chi connectivity index (χ1v) is 7.52. The standard InChI is InChI=1S/C19H19NO3/c1-20(2)9-10-23-13-7-8-16-14-5-3-4-6-15(14)18(12-19(21)22)17(16)11-13/h3-8,11-12H,9-10H2,1-2H3,(H,21,22)/b18-12+. The number of hydrogen-bond acceptors (Lipinski definition) is 3. The zero-order chi connectivity index (χ0) is 16.4. The van der Waals surface area contributed by atoms with E-state index in [-0.39, 0.29) is 0 Å². The fraction of sp³-hybridized carbons (Fsp3) is 0.211. The van der Waals surface area contributed by atoms with E-state index >= 15 is 0 Å². The molecule has 0 unspecified atom stereocenters. The van der Waals surface area contributed by atoms with E-state index in [9.17, 15) is 9.90 Å². The van der Waals surface area contributed by atoms with Crippen molar-refractivity contribution in [2.24, 2.45) is 0 Å². The lowest BCUT2D eigenvalue weighted by Crippen LogP contribution is -2.19. The van der Waals surface area contributed by atoms with Crippen LogP contribution in [-0.4, -0.2) is 43.2 Å². The maximum Gasteiger partial charge on any atom is 0.328 e. The molecule has 0 saturated heterocycles. The summed E-state index contributed by atoms with van der Waals surface area (Å²) in [5.41, 5.74) is 4.72. The first-order valence-electron chi connectivity index (χ1n) is 7.52. The summed E-state index contributed by atoms with van der Waals surface area (Å²) < 4.78 is 5.78. The topological polar surface area (TPSA) is 49.8 Å². The van der Waals surface area contributed by atoms with Crippen molar-refractivity contribution in [2.45, 2.75) is 0 Å². The molecule has 1 aliphatic carbocycles. The highest BCUT2D eigenvalue weighted by atomic mass is 16.5. The molecule has 4 heteroatoms. The van der Waals surface area contributed by atoms with Crippen LogP contribution in [0.1, 0.15) is 11.1 Å². The number of aliphatic carboxylic acids is 1. The van der Waals surface area contributed by atoms with Crippen LogP contribution in [0, 0.1) is 0 Å². The number of rotatable bonds is 5. The van der Waals surface area contributed by atoms with E-state index in [1.165, 1.54) is 6.08 Å². The average molecular weight is 309 g/mol. The summed E-state index contributed by atoms with van der Waals surface area (Å²) in [7, 11) is 3.99. The molecule has 1 aliphatic rings. The van der Waals surface area contributed by atoms with Crippen LogP contribution in [-0.2, 0) is 4.79 Å². The molecule has 0 amide bonds. The maximum atomic E-state index is 11.2. The summed E-state index contributed by atoms with van der Waals surface area (Å²) in [5.74, 6) is -0.184. The summed E-state index contributed by atoms with van der Waals surface area (Å²) in [6.45, 7) is 1.42. The van der Waals surface area contributed by atoms with Crippen LogP contribution in [0.5, 0.6) is 5.75 Å². The average Bonchev–Trinajstić information content (AvgIpc) is 2.81. The lowest BCUT2D eigenvalue weighted by atomic mass is 10.0. The summed E-state index contributed by atoms with van der Waals surface area (Å²) in [4.78, 5) is 13.2. The molecule has 0 atom stereocenters. The van der Waals surface area contributed by atoms with Crippen molar-refractivity contribution in [3.8, 4) is 16.9 Å². The third kappa shape index (κ3) is 3.12. The van der Waals surface area contributed by atoms with Crippen molar-refractivity contribution in [2.75, 3.05) is 27.2 Å². The molecular weight excluding hydrogens is 290 g/mol. The monoisotopic (exact) mass is 309 g/mol. The normalized spacial score (nSPS) is 14.0. The van der Waals surface area contributed by atoms with Crippen molar-refractivity contribution in [3.63, 3.8) is 0 Å². The lowest BCUT2D eigenvalue weighted by Gasteiger charge is -2.12. The van der Waals surface area contributed by atoms with Crippen molar-refractivity contribution >= 4 is 11.5 Å². The number of ether oxygens (including phenoxy) is 1. The molecular formula is C19H19NO3. The van der Waals surface area contributed by atoms with E-state index < -0.39 is 5.97 Å². The Balaban J connectivity index is 1.98. The predicted octanol–water partition coefficient (Wildman–Crippen LogP) is 3.12. The fourth-order valence-electron chi connectivity index (χ4n) is 2.79. The Kier molecular flexibility index (Phi) is 4.17. The molecule has 0 spiro atoms. The second-order valence-corrected chi connectivity index (χ2v) is 5.80. The summed E-state index contributed by atoms with van der Waals surface area (Å²) in [6.07, 6.45) is 1.27. The van der Waals surface area contributed by atoms with E-state index in [1.54, 1.807) is 0 Å². The van der Waals surface area contributed by atoms with Crippen LogP contribution < -0.4 is 4.74 Å². The van der Waals surface area contributed by atoms with Gasteiger partial charge < -0.3 is 14.7 Å². The van der Waals surface area contributed by atoms with Gasteiger partial charge in [0.15, 0.2) is 0 Å². The molecule has 0 heterocycles. The van der Waals surface area contributed by atoms with Crippen LogP contribution in [0.4, 0.5) is 0 Å². The number of hydrogen-bond donors (Lipinski definition) is 1. The number of carbonyl (C=O) groups is 1. The van der Waals surface area contributed by atoms with Gasteiger partial charge in [-0.2, -0.15) is 0 Å². The second-order valence-electron chi connectivity index (χ2n) is 5.80. The van der Waals surface area contributed by atoms with E-state index in [4.69, 9.17) is 4.74 Å². The number of carboxylic acid groups (broad SMARTS) is 1. The van der Waals surface area contributed by atoms with E-state index in [2.05, 4.69) is 4.90 Å². The van der Waals surface area contributed by atoms with Gasteiger partial charge in [0.05, 0.1) is 0 Å². The minimum absolute atomic E-state index is 0.594. The lowest BCUT2D eigenvalue weighted by molar-refractivity contribution is -0.131. The largest absolute Gasteiger partial charge is 0.492 e. The highest BCUT2D eigenvalue weighted by molar-refractivity contribution is 6.06. The zero-order valence-corrected chi connectivity index (χ0v) is 13.2. The minimum atomic E-state index is -0.943. The van der Waals surface area contributed by atoms with Gasteiger partial charge in [-0.3, -0.25) is 0 Å². The minimum Gasteiger partial charge on any atom is -0.492 e. The molecule has 0 fully saturated rings. The molecule has 118 valence electrons. The highest BCUT2D eigenvalue weighted by Crippen LogP contribution is 2.45. The highest BCUT2D eigenvalue weighted by Gasteiger charge is 2.24. The zero-order valence-electron chi connectivity index (χ0n) is 13.2. The predicted molar refractivity (Wildman–Crippen MR) is 90.6 cm³/mol. The molecule has 0 radical (unpaired) electrons. The maximum absolute atomic E-state index is 11.2. The molecule has 3 rings (SSSR count). The van der Waals surface area contributed by atoms with Crippen molar-refractivity contribution in [1.82, 2.24) is 4.90 Å². The van der Waals surface area contributed by atoms with Crippen LogP contribution >= 0.6 is 0 Å².